The fraction of sp³-hybridized carbons (Fsp3) is 0.318. The molecule has 33 heavy (non-hydrogen) atoms. The summed E-state index contributed by atoms with van der Waals surface area (Å²) in [6, 6.07) is 7.48. The fourth-order valence-corrected chi connectivity index (χ4v) is 3.76. The molecule has 0 bridgehead atoms. The predicted octanol–water partition coefficient (Wildman–Crippen LogP) is 3.42. The van der Waals surface area contributed by atoms with Gasteiger partial charge in [-0.2, -0.15) is 0 Å². The van der Waals surface area contributed by atoms with E-state index >= 15 is 0 Å². The number of nitrogens with one attached hydrogen (secondary N) is 2. The van der Waals surface area contributed by atoms with E-state index in [1.165, 1.54) is 6.20 Å². The molecule has 0 saturated carbocycles. The van der Waals surface area contributed by atoms with Crippen LogP contribution in [0.1, 0.15) is 25.6 Å². The van der Waals surface area contributed by atoms with Crippen LogP contribution in [0, 0.1) is 5.82 Å². The Kier molecular flexibility index (Phi) is 6.66. The Balaban J connectivity index is 0.00000259. The van der Waals surface area contributed by atoms with Crippen LogP contribution in [0.3, 0.4) is 0 Å². The quantitative estimate of drug-likeness (QED) is 0.459. The minimum absolute atomic E-state index is 0. The number of fused-ring (bicyclic) bond motifs is 1. The van der Waals surface area contributed by atoms with Crippen LogP contribution in [0.15, 0.2) is 42.9 Å². The molecule has 2 N–H and O–H groups in total. The highest BCUT2D eigenvalue weighted by Crippen LogP contribution is 2.25. The maximum absolute atomic E-state index is 14.6. The second-order valence-corrected chi connectivity index (χ2v) is 8.01. The molecule has 5 rings (SSSR count). The van der Waals surface area contributed by atoms with Crippen molar-refractivity contribution in [3.05, 3.63) is 54.5 Å². The van der Waals surface area contributed by atoms with Gasteiger partial charge in [-0.25, -0.2) is 19.3 Å². The molecular weight excluding hydrogens is 445 g/mol. The van der Waals surface area contributed by atoms with Gasteiger partial charge in [0.25, 0.3) is 0 Å². The van der Waals surface area contributed by atoms with Crippen molar-refractivity contribution in [1.82, 2.24) is 34.9 Å². The zero-order valence-electron chi connectivity index (χ0n) is 18.4. The van der Waals surface area contributed by atoms with E-state index in [0.717, 1.165) is 37.7 Å². The monoisotopic (exact) mass is 469 g/mol. The van der Waals surface area contributed by atoms with Gasteiger partial charge < -0.3 is 15.5 Å². The molecule has 5 heterocycles. The SMILES string of the molecule is CC(C)c1nnc2ccc(-c3nc(Nc4ccc(N5CCNCC5)cn4)ncc3F)cn12.Cl. The highest BCUT2D eigenvalue weighted by atomic mass is 35.5. The van der Waals surface area contributed by atoms with Crippen molar-refractivity contribution in [3.8, 4) is 11.3 Å². The Bertz CT molecular complexity index is 1240. The van der Waals surface area contributed by atoms with E-state index in [0.29, 0.717) is 17.0 Å². The van der Waals surface area contributed by atoms with E-state index in [4.69, 9.17) is 0 Å². The van der Waals surface area contributed by atoms with Crippen LogP contribution in [0.4, 0.5) is 21.8 Å². The summed E-state index contributed by atoms with van der Waals surface area (Å²) in [4.78, 5) is 15.2. The molecule has 9 nitrogen and oxygen atoms in total. The molecule has 1 fully saturated rings. The average molecular weight is 470 g/mol. The third-order valence-corrected chi connectivity index (χ3v) is 5.43. The number of anilines is 3. The molecule has 172 valence electrons. The molecule has 1 saturated heterocycles. The lowest BCUT2D eigenvalue weighted by molar-refractivity contribution is 0.589. The van der Waals surface area contributed by atoms with Crippen molar-refractivity contribution in [2.75, 3.05) is 36.4 Å². The third-order valence-electron chi connectivity index (χ3n) is 5.43. The third kappa shape index (κ3) is 4.71. The van der Waals surface area contributed by atoms with Gasteiger partial charge in [-0.15, -0.1) is 22.6 Å². The van der Waals surface area contributed by atoms with Crippen molar-refractivity contribution >= 4 is 35.5 Å². The number of piperazine rings is 1. The normalized spacial score (nSPS) is 13.9. The zero-order chi connectivity index (χ0) is 22.1. The molecule has 1 aliphatic heterocycles. The minimum atomic E-state index is -0.504. The zero-order valence-corrected chi connectivity index (χ0v) is 19.2. The van der Waals surface area contributed by atoms with Gasteiger partial charge in [0.1, 0.15) is 17.3 Å². The first-order valence-electron chi connectivity index (χ1n) is 10.6. The molecule has 4 aromatic rings. The Morgan fingerprint density at radius 3 is 2.58 bits per heavy atom. The minimum Gasteiger partial charge on any atom is -0.368 e. The lowest BCUT2D eigenvalue weighted by atomic mass is 10.2. The van der Waals surface area contributed by atoms with Crippen LogP contribution in [-0.2, 0) is 0 Å². The summed E-state index contributed by atoms with van der Waals surface area (Å²) in [5.41, 5.74) is 2.59. The molecule has 1 aliphatic rings. The van der Waals surface area contributed by atoms with E-state index in [1.54, 1.807) is 18.3 Å². The van der Waals surface area contributed by atoms with Crippen molar-refractivity contribution in [2.24, 2.45) is 0 Å². The summed E-state index contributed by atoms with van der Waals surface area (Å²) in [6.45, 7) is 7.91. The van der Waals surface area contributed by atoms with Gasteiger partial charge in [-0.05, 0) is 24.3 Å². The number of rotatable bonds is 5. The first-order chi connectivity index (χ1) is 15.6. The standard InChI is InChI=1S/C22H24FN9.ClH/c1-14(2)21-30-29-19-6-3-15(13-32(19)21)20-17(23)12-26-22(28-20)27-18-5-4-16(11-25-18)31-9-7-24-8-10-31;/h3-6,11-14,24H,7-10H2,1-2H3,(H,25,26,27,28);1H. The van der Waals surface area contributed by atoms with Crippen molar-refractivity contribution < 1.29 is 4.39 Å². The molecule has 0 spiro atoms. The number of aromatic nitrogens is 6. The van der Waals surface area contributed by atoms with Crippen LogP contribution in [0.25, 0.3) is 16.9 Å². The van der Waals surface area contributed by atoms with E-state index in [1.807, 2.05) is 36.6 Å². The van der Waals surface area contributed by atoms with Crippen LogP contribution in [0.5, 0.6) is 0 Å². The number of halogens is 2. The van der Waals surface area contributed by atoms with Crippen LogP contribution < -0.4 is 15.5 Å². The first kappa shape index (κ1) is 22.8. The number of hydrogen-bond donors (Lipinski definition) is 2. The Hall–Kier alpha value is -3.37. The van der Waals surface area contributed by atoms with Crippen LogP contribution in [0.2, 0.25) is 0 Å². The Labute approximate surface area is 196 Å². The average Bonchev–Trinajstić information content (AvgIpc) is 3.25. The van der Waals surface area contributed by atoms with Crippen molar-refractivity contribution in [1.29, 1.82) is 0 Å². The lowest BCUT2D eigenvalue weighted by Gasteiger charge is -2.29. The maximum Gasteiger partial charge on any atom is 0.229 e. The highest BCUT2D eigenvalue weighted by molar-refractivity contribution is 5.85. The van der Waals surface area contributed by atoms with Gasteiger partial charge in [0.05, 0.1) is 18.1 Å². The summed E-state index contributed by atoms with van der Waals surface area (Å²) in [6.07, 6.45) is 4.80. The molecule has 0 atom stereocenters. The van der Waals surface area contributed by atoms with Gasteiger partial charge >= 0.3 is 0 Å². The maximum atomic E-state index is 14.6. The Morgan fingerprint density at radius 2 is 1.85 bits per heavy atom. The summed E-state index contributed by atoms with van der Waals surface area (Å²) in [5, 5.41) is 14.8. The summed E-state index contributed by atoms with van der Waals surface area (Å²) < 4.78 is 16.5. The molecule has 0 unspecified atom stereocenters. The smallest absolute Gasteiger partial charge is 0.229 e. The van der Waals surface area contributed by atoms with Gasteiger partial charge in [0.2, 0.25) is 5.95 Å². The molecule has 0 radical (unpaired) electrons. The second-order valence-electron chi connectivity index (χ2n) is 8.01. The summed E-state index contributed by atoms with van der Waals surface area (Å²) >= 11 is 0. The van der Waals surface area contributed by atoms with Gasteiger partial charge in [0.15, 0.2) is 11.5 Å². The van der Waals surface area contributed by atoms with Gasteiger partial charge in [-0.3, -0.25) is 4.40 Å². The molecule has 0 amide bonds. The predicted molar refractivity (Wildman–Crippen MR) is 128 cm³/mol. The lowest BCUT2D eigenvalue weighted by Crippen LogP contribution is -2.43. The van der Waals surface area contributed by atoms with Gasteiger partial charge in [-0.1, -0.05) is 13.8 Å². The van der Waals surface area contributed by atoms with Crippen LogP contribution >= 0.6 is 12.4 Å². The van der Waals surface area contributed by atoms with E-state index in [-0.39, 0.29) is 30.0 Å². The van der Waals surface area contributed by atoms with Crippen LogP contribution in [-0.4, -0.2) is 55.7 Å². The largest absolute Gasteiger partial charge is 0.368 e. The first-order valence-corrected chi connectivity index (χ1v) is 10.6. The molecule has 0 aliphatic carbocycles. The van der Waals surface area contributed by atoms with Gasteiger partial charge in [0, 0.05) is 43.9 Å². The number of pyridine rings is 2. The highest BCUT2D eigenvalue weighted by Gasteiger charge is 2.15. The Morgan fingerprint density at radius 1 is 1.03 bits per heavy atom. The number of hydrogen-bond acceptors (Lipinski definition) is 8. The second kappa shape index (κ2) is 9.63. The molecule has 4 aromatic heterocycles. The van der Waals surface area contributed by atoms with E-state index in [2.05, 4.69) is 40.7 Å². The van der Waals surface area contributed by atoms with Crippen molar-refractivity contribution in [3.63, 3.8) is 0 Å². The summed E-state index contributed by atoms with van der Waals surface area (Å²) in [7, 11) is 0. The molecular formula is C22H25ClFN9. The van der Waals surface area contributed by atoms with E-state index < -0.39 is 5.82 Å². The fourth-order valence-electron chi connectivity index (χ4n) is 3.76. The van der Waals surface area contributed by atoms with Crippen molar-refractivity contribution in [2.45, 2.75) is 19.8 Å². The molecule has 0 aromatic carbocycles. The summed E-state index contributed by atoms with van der Waals surface area (Å²) in [5.74, 6) is 1.36. The number of nitrogens with zero attached hydrogens (tertiary/aromatic N) is 7. The molecule has 11 heteroatoms. The van der Waals surface area contributed by atoms with E-state index in [9.17, 15) is 4.39 Å². The topological polar surface area (TPSA) is 96.2 Å².